The van der Waals surface area contributed by atoms with Crippen molar-refractivity contribution in [2.75, 3.05) is 6.61 Å². The molecule has 0 aliphatic carbocycles. The van der Waals surface area contributed by atoms with E-state index in [1.807, 2.05) is 56.3 Å². The normalized spacial score (nSPS) is 19.8. The summed E-state index contributed by atoms with van der Waals surface area (Å²) in [7, 11) is 0. The third-order valence-corrected chi connectivity index (χ3v) is 5.53. The number of amides is 1. The van der Waals surface area contributed by atoms with Crippen LogP contribution in [0.1, 0.15) is 40.2 Å². The topological polar surface area (TPSA) is 102 Å². The molecule has 0 bridgehead atoms. The smallest absolute Gasteiger partial charge is 0.336 e. The van der Waals surface area contributed by atoms with Gasteiger partial charge < -0.3 is 19.9 Å². The van der Waals surface area contributed by atoms with Crippen molar-refractivity contribution in [3.63, 3.8) is 0 Å². The summed E-state index contributed by atoms with van der Waals surface area (Å²) < 4.78 is 10.4. The first-order chi connectivity index (χ1) is 14.9. The zero-order valence-corrected chi connectivity index (χ0v) is 19.2. The van der Waals surface area contributed by atoms with Crippen molar-refractivity contribution in [2.45, 2.75) is 58.8 Å². The Kier molecular flexibility index (Phi) is 6.60. The number of nitrogens with one attached hydrogen (secondary N) is 1. The van der Waals surface area contributed by atoms with E-state index in [0.717, 1.165) is 16.3 Å². The lowest BCUT2D eigenvalue weighted by Crippen LogP contribution is -2.52. The molecule has 1 fully saturated rings. The fourth-order valence-corrected chi connectivity index (χ4v) is 3.74. The SMILES string of the molecule is CC(C)(C)OC(=O)[C@@H](O)[C@@H](Cc1ccc2ccccc2c1)C(=O)N[C@@H]1C(=O)OCC1(C)C. The maximum Gasteiger partial charge on any atom is 0.336 e. The standard InChI is InChI=1S/C25H31NO6/c1-24(2,3)32-22(29)19(27)18(21(28)26-20-23(30)31-14-25(20,4)5)13-15-10-11-16-8-6-7-9-17(16)12-15/h6-12,18-20,27H,13-14H2,1-5H3,(H,26,28)/t18-,19+,20-/m1/s1. The highest BCUT2D eigenvalue weighted by molar-refractivity contribution is 5.91. The van der Waals surface area contributed by atoms with Gasteiger partial charge in [0.2, 0.25) is 5.91 Å². The van der Waals surface area contributed by atoms with E-state index in [1.165, 1.54) is 0 Å². The summed E-state index contributed by atoms with van der Waals surface area (Å²) in [6.45, 7) is 8.87. The van der Waals surface area contributed by atoms with E-state index in [-0.39, 0.29) is 13.0 Å². The zero-order chi connectivity index (χ0) is 23.7. The number of hydrogen-bond donors (Lipinski definition) is 2. The molecule has 2 aromatic rings. The Labute approximate surface area is 188 Å². The highest BCUT2D eigenvalue weighted by Crippen LogP contribution is 2.29. The number of benzene rings is 2. The molecular formula is C25H31NO6. The van der Waals surface area contributed by atoms with Crippen LogP contribution in [-0.2, 0) is 30.3 Å². The molecule has 1 saturated heterocycles. The number of cyclic esters (lactones) is 1. The minimum absolute atomic E-state index is 0.0965. The lowest BCUT2D eigenvalue weighted by molar-refractivity contribution is -0.170. The van der Waals surface area contributed by atoms with E-state index in [9.17, 15) is 19.5 Å². The molecule has 0 radical (unpaired) electrons. The van der Waals surface area contributed by atoms with Gasteiger partial charge in [0.25, 0.3) is 0 Å². The number of rotatable bonds is 6. The van der Waals surface area contributed by atoms with E-state index in [2.05, 4.69) is 5.32 Å². The Morgan fingerprint density at radius 1 is 1.19 bits per heavy atom. The van der Waals surface area contributed by atoms with Crippen LogP contribution in [0, 0.1) is 11.3 Å². The Morgan fingerprint density at radius 2 is 1.84 bits per heavy atom. The molecule has 1 aliphatic rings. The molecule has 3 atom stereocenters. The fraction of sp³-hybridized carbons (Fsp3) is 0.480. The Morgan fingerprint density at radius 3 is 2.44 bits per heavy atom. The van der Waals surface area contributed by atoms with Crippen LogP contribution in [0.3, 0.4) is 0 Å². The summed E-state index contributed by atoms with van der Waals surface area (Å²) in [5, 5.41) is 15.5. The summed E-state index contributed by atoms with van der Waals surface area (Å²) >= 11 is 0. The summed E-state index contributed by atoms with van der Waals surface area (Å²) in [4.78, 5) is 38.0. The number of carbonyl (C=O) groups excluding carboxylic acids is 3. The van der Waals surface area contributed by atoms with Crippen LogP contribution in [0.5, 0.6) is 0 Å². The third kappa shape index (κ3) is 5.46. The molecule has 0 unspecified atom stereocenters. The number of carbonyl (C=O) groups is 3. The molecule has 1 aliphatic heterocycles. The number of ether oxygens (including phenoxy) is 2. The van der Waals surface area contributed by atoms with Crippen molar-refractivity contribution < 1.29 is 29.0 Å². The first-order valence-electron chi connectivity index (χ1n) is 10.7. The number of esters is 2. The van der Waals surface area contributed by atoms with E-state index in [1.54, 1.807) is 20.8 Å². The molecular weight excluding hydrogens is 410 g/mol. The van der Waals surface area contributed by atoms with Gasteiger partial charge >= 0.3 is 11.9 Å². The second-order valence-corrected chi connectivity index (χ2v) is 10.0. The average molecular weight is 442 g/mol. The van der Waals surface area contributed by atoms with Gasteiger partial charge in [0.1, 0.15) is 11.6 Å². The minimum Gasteiger partial charge on any atom is -0.463 e. The number of hydrogen-bond acceptors (Lipinski definition) is 6. The molecule has 172 valence electrons. The van der Waals surface area contributed by atoms with Gasteiger partial charge in [-0.15, -0.1) is 0 Å². The number of aliphatic hydroxyl groups is 1. The molecule has 2 N–H and O–H groups in total. The highest BCUT2D eigenvalue weighted by Gasteiger charge is 2.46. The van der Waals surface area contributed by atoms with Gasteiger partial charge in [0.05, 0.1) is 12.5 Å². The first-order valence-corrected chi connectivity index (χ1v) is 10.7. The van der Waals surface area contributed by atoms with Crippen LogP contribution in [0.4, 0.5) is 0 Å². The lowest BCUT2D eigenvalue weighted by atomic mass is 9.86. The van der Waals surface area contributed by atoms with Crippen LogP contribution in [-0.4, -0.2) is 47.3 Å². The molecule has 32 heavy (non-hydrogen) atoms. The molecule has 0 aromatic heterocycles. The minimum atomic E-state index is -1.69. The predicted octanol–water partition coefficient (Wildman–Crippen LogP) is 2.77. The second kappa shape index (κ2) is 8.90. The van der Waals surface area contributed by atoms with Gasteiger partial charge in [-0.1, -0.05) is 56.3 Å². The Balaban J connectivity index is 1.88. The molecule has 0 spiro atoms. The van der Waals surface area contributed by atoms with Gasteiger partial charge in [-0.05, 0) is 43.5 Å². The van der Waals surface area contributed by atoms with Crippen molar-refractivity contribution in [1.29, 1.82) is 0 Å². The van der Waals surface area contributed by atoms with E-state index >= 15 is 0 Å². The van der Waals surface area contributed by atoms with Crippen LogP contribution in [0.25, 0.3) is 10.8 Å². The number of aliphatic hydroxyl groups excluding tert-OH is 1. The van der Waals surface area contributed by atoms with Crippen LogP contribution < -0.4 is 5.32 Å². The van der Waals surface area contributed by atoms with Gasteiger partial charge in [-0.3, -0.25) is 4.79 Å². The van der Waals surface area contributed by atoms with E-state index in [0.29, 0.717) is 0 Å². The van der Waals surface area contributed by atoms with Gasteiger partial charge in [-0.25, -0.2) is 9.59 Å². The lowest BCUT2D eigenvalue weighted by Gasteiger charge is -2.28. The summed E-state index contributed by atoms with van der Waals surface area (Å²) in [6, 6.07) is 12.6. The predicted molar refractivity (Wildman–Crippen MR) is 120 cm³/mol. The molecule has 3 rings (SSSR count). The second-order valence-electron chi connectivity index (χ2n) is 10.0. The summed E-state index contributed by atoms with van der Waals surface area (Å²) in [6.07, 6.45) is -1.60. The van der Waals surface area contributed by atoms with Gasteiger partial charge in [-0.2, -0.15) is 0 Å². The maximum atomic E-state index is 13.2. The van der Waals surface area contributed by atoms with Gasteiger partial charge in [0.15, 0.2) is 6.10 Å². The highest BCUT2D eigenvalue weighted by atomic mass is 16.6. The van der Waals surface area contributed by atoms with Crippen molar-refractivity contribution in [1.82, 2.24) is 5.32 Å². The van der Waals surface area contributed by atoms with Gasteiger partial charge in [0, 0.05) is 5.41 Å². The quantitative estimate of drug-likeness (QED) is 0.669. The van der Waals surface area contributed by atoms with E-state index < -0.39 is 46.9 Å². The number of fused-ring (bicyclic) bond motifs is 1. The molecule has 1 amide bonds. The largest absolute Gasteiger partial charge is 0.463 e. The molecule has 7 heteroatoms. The molecule has 2 aromatic carbocycles. The van der Waals surface area contributed by atoms with Crippen molar-refractivity contribution in [3.8, 4) is 0 Å². The maximum absolute atomic E-state index is 13.2. The van der Waals surface area contributed by atoms with Crippen molar-refractivity contribution in [2.24, 2.45) is 11.3 Å². The molecule has 0 saturated carbocycles. The Hall–Kier alpha value is -2.93. The van der Waals surface area contributed by atoms with Crippen LogP contribution in [0.2, 0.25) is 0 Å². The zero-order valence-electron chi connectivity index (χ0n) is 19.2. The monoisotopic (exact) mass is 441 g/mol. The van der Waals surface area contributed by atoms with Crippen LogP contribution in [0.15, 0.2) is 42.5 Å². The van der Waals surface area contributed by atoms with Crippen LogP contribution >= 0.6 is 0 Å². The first kappa shape index (κ1) is 23.7. The molecule has 1 heterocycles. The molecule has 7 nitrogen and oxygen atoms in total. The summed E-state index contributed by atoms with van der Waals surface area (Å²) in [5.74, 6) is -3.16. The fourth-order valence-electron chi connectivity index (χ4n) is 3.74. The van der Waals surface area contributed by atoms with Crippen molar-refractivity contribution >= 4 is 28.6 Å². The van der Waals surface area contributed by atoms with Crippen molar-refractivity contribution in [3.05, 3.63) is 48.0 Å². The average Bonchev–Trinajstić information content (AvgIpc) is 2.96. The summed E-state index contributed by atoms with van der Waals surface area (Å²) in [5.41, 5.74) is -0.643. The van der Waals surface area contributed by atoms with E-state index in [4.69, 9.17) is 9.47 Å². The third-order valence-electron chi connectivity index (χ3n) is 5.53. The Bertz CT molecular complexity index is 1020.